The summed E-state index contributed by atoms with van der Waals surface area (Å²) in [5.41, 5.74) is 6.97. The van der Waals surface area contributed by atoms with Gasteiger partial charge in [0.15, 0.2) is 6.61 Å². The van der Waals surface area contributed by atoms with Crippen LogP contribution in [-0.4, -0.2) is 29.2 Å². The summed E-state index contributed by atoms with van der Waals surface area (Å²) in [7, 11) is 0. The lowest BCUT2D eigenvalue weighted by molar-refractivity contribution is -0.128. The average molecular weight is 310 g/mol. The number of hydrogen-bond acceptors (Lipinski definition) is 5. The summed E-state index contributed by atoms with van der Waals surface area (Å²) in [6.07, 6.45) is 0. The molecule has 0 fully saturated rings. The van der Waals surface area contributed by atoms with Crippen LogP contribution >= 0.6 is 0 Å². The lowest BCUT2D eigenvalue weighted by Gasteiger charge is -2.13. The van der Waals surface area contributed by atoms with Crippen LogP contribution in [0.5, 0.6) is 5.75 Å². The average Bonchev–Trinajstić information content (AvgIpc) is 2.79. The van der Waals surface area contributed by atoms with Gasteiger partial charge < -0.3 is 10.5 Å². The Hall–Kier alpha value is -3.15. The van der Waals surface area contributed by atoms with E-state index >= 15 is 0 Å². The molecule has 23 heavy (non-hydrogen) atoms. The normalized spacial score (nSPS) is 13.2. The molecule has 0 saturated heterocycles. The molecule has 2 N–H and O–H groups in total. The van der Waals surface area contributed by atoms with Crippen molar-refractivity contribution in [1.82, 2.24) is 4.90 Å². The number of ether oxygens (including phenoxy) is 1. The molecular weight excluding hydrogens is 296 g/mol. The first-order chi connectivity index (χ1) is 11.0. The van der Waals surface area contributed by atoms with Gasteiger partial charge in [-0.15, -0.1) is 0 Å². The van der Waals surface area contributed by atoms with Gasteiger partial charge in [-0.25, -0.2) is 4.90 Å². The molecule has 6 nitrogen and oxygen atoms in total. The van der Waals surface area contributed by atoms with Crippen molar-refractivity contribution in [1.29, 1.82) is 0 Å². The Morgan fingerprint density at radius 1 is 1.09 bits per heavy atom. The highest BCUT2D eigenvalue weighted by Gasteiger charge is 2.41. The molecule has 0 radical (unpaired) electrons. The molecule has 1 aliphatic rings. The maximum Gasteiger partial charge on any atom is 0.274 e. The molecule has 2 aromatic rings. The zero-order valence-corrected chi connectivity index (χ0v) is 12.4. The zero-order valence-electron chi connectivity index (χ0n) is 12.4. The van der Waals surface area contributed by atoms with Crippen LogP contribution in [0.15, 0.2) is 42.5 Å². The van der Waals surface area contributed by atoms with E-state index in [0.29, 0.717) is 10.6 Å². The van der Waals surface area contributed by atoms with E-state index in [1.165, 1.54) is 12.1 Å². The number of aryl methyl sites for hydroxylation is 1. The summed E-state index contributed by atoms with van der Waals surface area (Å²) in [6.45, 7) is 1.43. The quantitative estimate of drug-likeness (QED) is 0.689. The minimum Gasteiger partial charge on any atom is -0.483 e. The largest absolute Gasteiger partial charge is 0.483 e. The summed E-state index contributed by atoms with van der Waals surface area (Å²) in [4.78, 5) is 37.4. The third kappa shape index (κ3) is 2.44. The van der Waals surface area contributed by atoms with Crippen LogP contribution in [0.3, 0.4) is 0 Å². The van der Waals surface area contributed by atoms with Gasteiger partial charge in [-0.1, -0.05) is 24.3 Å². The molecule has 3 rings (SSSR count). The molecule has 0 spiro atoms. The van der Waals surface area contributed by atoms with Crippen molar-refractivity contribution in [3.05, 3.63) is 59.2 Å². The van der Waals surface area contributed by atoms with E-state index in [1.807, 2.05) is 19.1 Å². The Labute approximate surface area is 132 Å². The minimum absolute atomic E-state index is 0.0711. The van der Waals surface area contributed by atoms with Crippen molar-refractivity contribution >= 4 is 23.4 Å². The maximum atomic E-state index is 12.3. The fraction of sp³-hybridized carbons (Fsp3) is 0.118. The molecule has 0 bridgehead atoms. The van der Waals surface area contributed by atoms with Gasteiger partial charge >= 0.3 is 0 Å². The number of hydrogen-bond donors (Lipinski definition) is 1. The molecule has 3 amide bonds. The maximum absolute atomic E-state index is 12.3. The topological polar surface area (TPSA) is 89.7 Å². The highest BCUT2D eigenvalue weighted by atomic mass is 16.5. The number of rotatable bonds is 3. The minimum atomic E-state index is -0.723. The number of nitrogens with zero attached hydrogens (tertiary/aromatic N) is 1. The van der Waals surface area contributed by atoms with Crippen molar-refractivity contribution < 1.29 is 19.1 Å². The van der Waals surface area contributed by atoms with Gasteiger partial charge in [0, 0.05) is 5.69 Å². The van der Waals surface area contributed by atoms with Crippen LogP contribution in [-0.2, 0) is 4.79 Å². The number of nitrogens with two attached hydrogens (primary N) is 1. The van der Waals surface area contributed by atoms with E-state index in [9.17, 15) is 14.4 Å². The summed E-state index contributed by atoms with van der Waals surface area (Å²) in [5.74, 6) is -1.58. The summed E-state index contributed by atoms with van der Waals surface area (Å²) < 4.78 is 5.41. The van der Waals surface area contributed by atoms with E-state index in [-0.39, 0.29) is 16.8 Å². The first kappa shape index (κ1) is 14.8. The number of para-hydroxylation sites is 1. The monoisotopic (exact) mass is 310 g/mol. The molecule has 6 heteroatoms. The summed E-state index contributed by atoms with van der Waals surface area (Å²) >= 11 is 0. The van der Waals surface area contributed by atoms with Gasteiger partial charge in [0.25, 0.3) is 17.7 Å². The Balaban J connectivity index is 1.79. The zero-order chi connectivity index (χ0) is 16.6. The van der Waals surface area contributed by atoms with Crippen molar-refractivity contribution in [2.24, 2.45) is 0 Å². The number of amides is 3. The highest BCUT2D eigenvalue weighted by Crippen LogP contribution is 2.27. The molecule has 0 unspecified atom stereocenters. The molecule has 0 aliphatic carbocycles. The van der Waals surface area contributed by atoms with Gasteiger partial charge in [-0.3, -0.25) is 14.4 Å². The number of nitrogen functional groups attached to an aromatic ring is 1. The van der Waals surface area contributed by atoms with Crippen molar-refractivity contribution in [3.63, 3.8) is 0 Å². The van der Waals surface area contributed by atoms with Crippen LogP contribution in [0, 0.1) is 6.92 Å². The van der Waals surface area contributed by atoms with Crippen LogP contribution in [0.1, 0.15) is 26.3 Å². The first-order valence-electron chi connectivity index (χ1n) is 6.99. The molecule has 0 atom stereocenters. The fourth-order valence-electron chi connectivity index (χ4n) is 2.46. The number of anilines is 1. The standard InChI is InChI=1S/C17H14N2O4/c1-10-5-2-3-8-13(10)23-9-14(20)19-16(21)11-6-4-7-12(18)15(11)17(19)22/h2-8H,9,18H2,1H3. The Bertz CT molecular complexity index is 829. The molecule has 1 heterocycles. The SMILES string of the molecule is Cc1ccccc1OCC(=O)N1C(=O)c2cccc(N)c2C1=O. The molecule has 116 valence electrons. The van der Waals surface area contributed by atoms with Gasteiger partial charge in [-0.2, -0.15) is 0 Å². The molecule has 0 saturated carbocycles. The summed E-state index contributed by atoms with van der Waals surface area (Å²) in [6, 6.07) is 11.7. The Morgan fingerprint density at radius 3 is 2.52 bits per heavy atom. The Kier molecular flexibility index (Phi) is 3.57. The van der Waals surface area contributed by atoms with Crippen molar-refractivity contribution in [3.8, 4) is 5.75 Å². The number of carbonyl (C=O) groups is 3. The van der Waals surface area contributed by atoms with Crippen LogP contribution in [0.2, 0.25) is 0 Å². The fourth-order valence-corrected chi connectivity index (χ4v) is 2.46. The first-order valence-corrected chi connectivity index (χ1v) is 6.99. The highest BCUT2D eigenvalue weighted by molar-refractivity contribution is 6.30. The second-order valence-corrected chi connectivity index (χ2v) is 5.16. The van der Waals surface area contributed by atoms with Crippen molar-refractivity contribution in [2.75, 3.05) is 12.3 Å². The van der Waals surface area contributed by atoms with E-state index in [4.69, 9.17) is 10.5 Å². The molecule has 0 aromatic heterocycles. The van der Waals surface area contributed by atoms with Crippen molar-refractivity contribution in [2.45, 2.75) is 6.92 Å². The second-order valence-electron chi connectivity index (χ2n) is 5.16. The van der Waals surface area contributed by atoms with E-state index in [2.05, 4.69) is 0 Å². The van der Waals surface area contributed by atoms with E-state index < -0.39 is 24.3 Å². The van der Waals surface area contributed by atoms with Crippen LogP contribution in [0.25, 0.3) is 0 Å². The van der Waals surface area contributed by atoms with Gasteiger partial charge in [0.05, 0.1) is 11.1 Å². The third-order valence-corrected chi connectivity index (χ3v) is 3.64. The number of carbonyl (C=O) groups excluding carboxylic acids is 3. The Morgan fingerprint density at radius 2 is 1.83 bits per heavy atom. The smallest absolute Gasteiger partial charge is 0.274 e. The lowest BCUT2D eigenvalue weighted by atomic mass is 10.1. The number of imide groups is 3. The van der Waals surface area contributed by atoms with E-state index in [1.54, 1.807) is 18.2 Å². The predicted molar refractivity (Wildman–Crippen MR) is 83.0 cm³/mol. The van der Waals surface area contributed by atoms with E-state index in [0.717, 1.165) is 5.56 Å². The third-order valence-electron chi connectivity index (χ3n) is 3.64. The van der Waals surface area contributed by atoms with Crippen LogP contribution in [0.4, 0.5) is 5.69 Å². The number of fused-ring (bicyclic) bond motifs is 1. The van der Waals surface area contributed by atoms with Gasteiger partial charge in [-0.05, 0) is 30.7 Å². The second kappa shape index (κ2) is 5.57. The van der Waals surface area contributed by atoms with Gasteiger partial charge in [0.1, 0.15) is 5.75 Å². The molecular formula is C17H14N2O4. The molecule has 1 aliphatic heterocycles. The predicted octanol–water partition coefficient (Wildman–Crippen LogP) is 1.78. The number of benzene rings is 2. The lowest BCUT2D eigenvalue weighted by Crippen LogP contribution is -2.39. The molecule has 2 aromatic carbocycles. The van der Waals surface area contributed by atoms with Gasteiger partial charge in [0.2, 0.25) is 0 Å². The van der Waals surface area contributed by atoms with Crippen LogP contribution < -0.4 is 10.5 Å². The summed E-state index contributed by atoms with van der Waals surface area (Å²) in [5, 5.41) is 0.